The molecule has 168 valence electrons. The van der Waals surface area contributed by atoms with Gasteiger partial charge in [-0.2, -0.15) is 0 Å². The Hall–Kier alpha value is -2.99. The Morgan fingerprint density at radius 1 is 1.09 bits per heavy atom. The van der Waals surface area contributed by atoms with Crippen LogP contribution in [0.2, 0.25) is 0 Å². The molecule has 0 amide bonds. The number of hydrogen-bond acceptors (Lipinski definition) is 4. The second-order valence-corrected chi connectivity index (χ2v) is 7.81. The van der Waals surface area contributed by atoms with Crippen LogP contribution in [0.25, 0.3) is 22.5 Å². The van der Waals surface area contributed by atoms with Crippen LogP contribution >= 0.6 is 0 Å². The summed E-state index contributed by atoms with van der Waals surface area (Å²) in [4.78, 5) is 22.9. The molecular weight excluding hydrogens is 401 g/mol. The van der Waals surface area contributed by atoms with Crippen LogP contribution in [0.4, 0.5) is 0 Å². The summed E-state index contributed by atoms with van der Waals surface area (Å²) in [7, 11) is 0. The molecule has 0 bridgehead atoms. The number of aryl methyl sites for hydroxylation is 1. The fourth-order valence-corrected chi connectivity index (χ4v) is 3.07. The molecule has 1 fully saturated rings. The quantitative estimate of drug-likeness (QED) is 0.477. The van der Waals surface area contributed by atoms with Crippen molar-refractivity contribution in [2.75, 3.05) is 0 Å². The van der Waals surface area contributed by atoms with Gasteiger partial charge in [0.2, 0.25) is 0 Å². The number of carboxylic acid groups (broad SMARTS) is 1. The van der Waals surface area contributed by atoms with Crippen molar-refractivity contribution >= 4 is 18.7 Å². The number of nitrogens with two attached hydrogens (primary N) is 1. The van der Waals surface area contributed by atoms with E-state index >= 15 is 0 Å². The minimum absolute atomic E-state index is 0.0730. The van der Waals surface area contributed by atoms with Crippen molar-refractivity contribution in [3.05, 3.63) is 64.7 Å². The predicted molar refractivity (Wildman–Crippen MR) is 130 cm³/mol. The van der Waals surface area contributed by atoms with Gasteiger partial charge >= 0.3 is 151 Å². The average molecular weight is 433 g/mol. The standard InChI is InChI=1S/C20H18BNO4.C4H8.C2H6/c1-11-9-15(13-3-5-14(6-4-13)20(24)25)7-8-16(11)19-18(12(2)23)21-17(10-22)26-19;1-4-2-3-4;1-2/h3-9H,10,22H2,1-2H3,(H,24,25);4H,2-3H2,1H3;1-2H3. The molecule has 0 aliphatic heterocycles. The number of ketones is 1. The van der Waals surface area contributed by atoms with E-state index in [2.05, 4.69) is 6.92 Å². The van der Waals surface area contributed by atoms with Gasteiger partial charge in [-0.3, -0.25) is 0 Å². The monoisotopic (exact) mass is 433 g/mol. The van der Waals surface area contributed by atoms with Gasteiger partial charge in [0, 0.05) is 0 Å². The smallest absolute Gasteiger partial charge is 0.0443 e. The van der Waals surface area contributed by atoms with E-state index in [9.17, 15) is 9.59 Å². The van der Waals surface area contributed by atoms with Crippen molar-refractivity contribution in [3.8, 4) is 22.5 Å². The zero-order valence-electron chi connectivity index (χ0n) is 19.6. The van der Waals surface area contributed by atoms with E-state index in [0.29, 0.717) is 16.9 Å². The average Bonchev–Trinajstić information content (AvgIpc) is 3.45. The van der Waals surface area contributed by atoms with Crippen molar-refractivity contribution in [3.63, 3.8) is 0 Å². The summed E-state index contributed by atoms with van der Waals surface area (Å²) in [5, 5.41) is 9.00. The summed E-state index contributed by atoms with van der Waals surface area (Å²) in [6, 6.07) is 12.5. The van der Waals surface area contributed by atoms with Crippen LogP contribution in [-0.2, 0) is 6.54 Å². The normalized spacial score (nSPS) is 12.1. The molecule has 32 heavy (non-hydrogen) atoms. The van der Waals surface area contributed by atoms with Crippen LogP contribution in [0.3, 0.4) is 0 Å². The molecule has 3 aromatic rings. The molecule has 1 heterocycles. The van der Waals surface area contributed by atoms with Crippen molar-refractivity contribution in [1.29, 1.82) is 0 Å². The van der Waals surface area contributed by atoms with Crippen molar-refractivity contribution in [2.24, 2.45) is 11.7 Å². The van der Waals surface area contributed by atoms with E-state index < -0.39 is 5.97 Å². The number of benzene rings is 2. The van der Waals surface area contributed by atoms with Crippen LogP contribution < -0.4 is 5.73 Å². The minimum atomic E-state index is -0.951. The van der Waals surface area contributed by atoms with Gasteiger partial charge in [0.05, 0.1) is 0 Å². The molecule has 1 aliphatic rings. The van der Waals surface area contributed by atoms with E-state index in [1.165, 1.54) is 19.8 Å². The van der Waals surface area contributed by atoms with E-state index in [0.717, 1.165) is 28.2 Å². The van der Waals surface area contributed by atoms with E-state index in [1.807, 2.05) is 39.0 Å². The van der Waals surface area contributed by atoms with E-state index in [4.69, 9.17) is 15.3 Å². The molecule has 4 rings (SSSR count). The summed E-state index contributed by atoms with van der Waals surface area (Å²) in [6.45, 7) is 11.6. The second-order valence-electron chi connectivity index (χ2n) is 7.81. The van der Waals surface area contributed by atoms with Crippen LogP contribution in [0, 0.1) is 12.8 Å². The number of Topliss-reactive ketones (excluding diaryl/α,β-unsaturated/α-hetero) is 1. The second kappa shape index (κ2) is 11.6. The molecule has 1 aliphatic carbocycles. The Morgan fingerprint density at radius 3 is 2.09 bits per heavy atom. The van der Waals surface area contributed by atoms with Gasteiger partial charge in [-0.05, 0) is 5.92 Å². The number of carbonyl (C=O) groups excluding carboxylic acids is 1. The first-order valence-corrected chi connectivity index (χ1v) is 11.1. The Balaban J connectivity index is 0.000000533. The summed E-state index contributed by atoms with van der Waals surface area (Å²) in [5.41, 5.74) is 10.6. The van der Waals surface area contributed by atoms with E-state index in [-0.39, 0.29) is 17.9 Å². The fraction of sp³-hybridized carbons (Fsp3) is 0.346. The molecule has 1 aromatic heterocycles. The molecule has 0 spiro atoms. The number of carboxylic acids is 1. The Morgan fingerprint density at radius 2 is 1.66 bits per heavy atom. The summed E-state index contributed by atoms with van der Waals surface area (Å²) in [6.07, 6.45) is 2.97. The van der Waals surface area contributed by atoms with Gasteiger partial charge in [0.1, 0.15) is 0 Å². The fourth-order valence-electron chi connectivity index (χ4n) is 3.07. The van der Waals surface area contributed by atoms with Gasteiger partial charge in [0.25, 0.3) is 0 Å². The number of aromatic carboxylic acids is 1. The van der Waals surface area contributed by atoms with Gasteiger partial charge in [-0.25, -0.2) is 0 Å². The first-order valence-electron chi connectivity index (χ1n) is 11.1. The number of carbonyl (C=O) groups is 2. The van der Waals surface area contributed by atoms with Crippen LogP contribution in [0.1, 0.15) is 72.4 Å². The van der Waals surface area contributed by atoms with Crippen molar-refractivity contribution in [1.82, 2.24) is 0 Å². The van der Waals surface area contributed by atoms with Gasteiger partial charge < -0.3 is 0 Å². The molecule has 0 saturated heterocycles. The third kappa shape index (κ3) is 6.51. The zero-order chi connectivity index (χ0) is 23.8. The van der Waals surface area contributed by atoms with Crippen LogP contribution in [0.15, 0.2) is 46.9 Å². The molecule has 5 nitrogen and oxygen atoms in total. The van der Waals surface area contributed by atoms with Crippen molar-refractivity contribution < 1.29 is 19.1 Å². The molecule has 1 saturated carbocycles. The topological polar surface area (TPSA) is 93.5 Å². The predicted octanol–water partition coefficient (Wildman–Crippen LogP) is 6.06. The maximum atomic E-state index is 11.9. The van der Waals surface area contributed by atoms with Gasteiger partial charge in [-0.15, -0.1) is 0 Å². The molecule has 0 atom stereocenters. The first-order chi connectivity index (χ1) is 15.3. The maximum absolute atomic E-state index is 11.9. The Kier molecular flexibility index (Phi) is 9.15. The van der Waals surface area contributed by atoms with Gasteiger partial charge in [0.15, 0.2) is 0 Å². The molecule has 6 heteroatoms. The summed E-state index contributed by atoms with van der Waals surface area (Å²) < 4.78 is 5.77. The summed E-state index contributed by atoms with van der Waals surface area (Å²) >= 11 is 0. The van der Waals surface area contributed by atoms with Gasteiger partial charge in [-0.1, -0.05) is 33.6 Å². The van der Waals surface area contributed by atoms with E-state index in [1.54, 1.807) is 31.2 Å². The molecular formula is C26H32BNO4. The molecule has 3 N–H and O–H groups in total. The third-order valence-electron chi connectivity index (χ3n) is 5.17. The first kappa shape index (κ1) is 25.3. The third-order valence-corrected chi connectivity index (χ3v) is 5.17. The Bertz CT molecular complexity index is 1070. The maximum Gasteiger partial charge on any atom is -0.0443 e. The molecule has 0 radical (unpaired) electrons. The minimum Gasteiger partial charge on any atom is -0.0625 e. The van der Waals surface area contributed by atoms with Crippen molar-refractivity contribution in [2.45, 2.75) is 54.0 Å². The number of rotatable bonds is 5. The molecule has 0 unspecified atom stereocenters. The number of hydrogen-bond donors (Lipinski definition) is 2. The van der Waals surface area contributed by atoms with Crippen LogP contribution in [0.5, 0.6) is 0 Å². The Labute approximate surface area is 190 Å². The summed E-state index contributed by atoms with van der Waals surface area (Å²) in [5.74, 6) is 0.591. The molecule has 2 aromatic carbocycles. The largest absolute Gasteiger partial charge is 0.0625 e. The van der Waals surface area contributed by atoms with Crippen LogP contribution in [-0.4, -0.2) is 23.8 Å². The SMILES string of the molecule is CC.CC(=O)c1bc(CN)oc1-c1ccc(-c2ccc(C(=O)O)cc2)cc1C.CC1CC1. The zero-order valence-corrected chi connectivity index (χ0v) is 19.6.